The minimum absolute atomic E-state index is 0.182. The Kier molecular flexibility index (Phi) is 4.28. The van der Waals surface area contributed by atoms with E-state index in [0.717, 1.165) is 24.0 Å². The number of hydrogen-bond donors (Lipinski definition) is 2. The highest BCUT2D eigenvalue weighted by Crippen LogP contribution is 2.22. The first-order valence-electron chi connectivity index (χ1n) is 8.34. The predicted molar refractivity (Wildman–Crippen MR) is 98.1 cm³/mol. The predicted octanol–water partition coefficient (Wildman–Crippen LogP) is 2.10. The van der Waals surface area contributed by atoms with Gasteiger partial charge < -0.3 is 10.1 Å². The topological polar surface area (TPSA) is 96.7 Å². The third-order valence-corrected chi connectivity index (χ3v) is 4.22. The molecule has 0 aliphatic rings. The number of aryl methyl sites for hydroxylation is 1. The second-order valence-corrected chi connectivity index (χ2v) is 5.96. The van der Waals surface area contributed by atoms with E-state index < -0.39 is 0 Å². The van der Waals surface area contributed by atoms with Crippen LogP contribution in [0.4, 0.5) is 0 Å². The smallest absolute Gasteiger partial charge is 0.258 e. The number of H-pyrrole nitrogens is 1. The molecule has 26 heavy (non-hydrogen) atoms. The summed E-state index contributed by atoms with van der Waals surface area (Å²) in [5.41, 5.74) is 3.45. The zero-order valence-corrected chi connectivity index (χ0v) is 14.0. The molecule has 130 valence electrons. The molecule has 0 saturated heterocycles. The lowest BCUT2D eigenvalue weighted by Crippen LogP contribution is -2.09. The van der Waals surface area contributed by atoms with Crippen molar-refractivity contribution in [2.24, 2.45) is 0 Å². The van der Waals surface area contributed by atoms with E-state index in [1.807, 2.05) is 24.4 Å². The van der Waals surface area contributed by atoms with Crippen molar-refractivity contribution in [3.63, 3.8) is 0 Å². The maximum atomic E-state index is 11.9. The van der Waals surface area contributed by atoms with Crippen molar-refractivity contribution in [3.05, 3.63) is 71.2 Å². The largest absolute Gasteiger partial charge is 0.396 e. The second-order valence-electron chi connectivity index (χ2n) is 5.96. The molecule has 4 aromatic rings. The van der Waals surface area contributed by atoms with Gasteiger partial charge in [-0.2, -0.15) is 5.10 Å². The molecule has 0 unspecified atom stereocenters. The minimum Gasteiger partial charge on any atom is -0.396 e. The average Bonchev–Trinajstić information content (AvgIpc) is 3.17. The molecule has 1 aromatic carbocycles. The summed E-state index contributed by atoms with van der Waals surface area (Å²) in [4.78, 5) is 23.1. The van der Waals surface area contributed by atoms with Crippen LogP contribution in [0.25, 0.3) is 27.8 Å². The maximum Gasteiger partial charge on any atom is 0.258 e. The number of benzene rings is 1. The summed E-state index contributed by atoms with van der Waals surface area (Å²) in [7, 11) is 0. The van der Waals surface area contributed by atoms with Crippen LogP contribution in [-0.2, 0) is 6.42 Å². The maximum absolute atomic E-state index is 11.9. The number of rotatable bonds is 5. The van der Waals surface area contributed by atoms with E-state index >= 15 is 0 Å². The summed E-state index contributed by atoms with van der Waals surface area (Å²) in [5.74, 6) is 0.510. The normalized spacial score (nSPS) is 11.1. The summed E-state index contributed by atoms with van der Waals surface area (Å²) >= 11 is 0. The first-order chi connectivity index (χ1) is 12.8. The fourth-order valence-electron chi connectivity index (χ4n) is 2.93. The molecule has 0 atom stereocenters. The van der Waals surface area contributed by atoms with Gasteiger partial charge in [-0.05, 0) is 30.0 Å². The van der Waals surface area contributed by atoms with Gasteiger partial charge in [-0.1, -0.05) is 24.3 Å². The summed E-state index contributed by atoms with van der Waals surface area (Å²) in [6.45, 7) is 0.182. The Morgan fingerprint density at radius 1 is 1.15 bits per heavy atom. The zero-order chi connectivity index (χ0) is 17.9. The van der Waals surface area contributed by atoms with Gasteiger partial charge in [0, 0.05) is 24.6 Å². The summed E-state index contributed by atoms with van der Waals surface area (Å²) in [6.07, 6.45) is 8.14. The molecular formula is C19H17N5O2. The number of fused-ring (bicyclic) bond motifs is 1. The van der Waals surface area contributed by atoms with E-state index in [1.54, 1.807) is 23.1 Å². The van der Waals surface area contributed by atoms with E-state index in [4.69, 9.17) is 5.11 Å². The molecule has 7 nitrogen and oxygen atoms in total. The first-order valence-corrected chi connectivity index (χ1v) is 8.34. The van der Waals surface area contributed by atoms with Crippen LogP contribution in [0.2, 0.25) is 0 Å². The van der Waals surface area contributed by atoms with Crippen molar-refractivity contribution >= 4 is 10.9 Å². The summed E-state index contributed by atoms with van der Waals surface area (Å²) in [5, 5.41) is 13.9. The zero-order valence-electron chi connectivity index (χ0n) is 14.0. The highest BCUT2D eigenvalue weighted by molar-refractivity contribution is 5.83. The van der Waals surface area contributed by atoms with Crippen LogP contribution in [0.3, 0.4) is 0 Å². The van der Waals surface area contributed by atoms with Crippen LogP contribution in [0, 0.1) is 0 Å². The van der Waals surface area contributed by atoms with Gasteiger partial charge in [0.2, 0.25) is 0 Å². The standard InChI is InChI=1S/C19H17N5O2/c25-8-2-4-13-3-1-5-14(9-13)15-10-23-24(11-15)18-17-16(6-7-20-18)19(26)22-12-21-17/h1,3,5-7,9-12,25H,2,4,8H2,(H,21,22,26). The van der Waals surface area contributed by atoms with Crippen LogP contribution in [0.15, 0.2) is 60.0 Å². The van der Waals surface area contributed by atoms with Crippen LogP contribution < -0.4 is 5.56 Å². The van der Waals surface area contributed by atoms with Crippen molar-refractivity contribution in [1.82, 2.24) is 24.7 Å². The Labute approximate surface area is 149 Å². The van der Waals surface area contributed by atoms with E-state index in [2.05, 4.69) is 26.1 Å². The van der Waals surface area contributed by atoms with Crippen molar-refractivity contribution in [1.29, 1.82) is 0 Å². The number of aliphatic hydroxyl groups is 1. The Balaban J connectivity index is 1.74. The number of aromatic amines is 1. The van der Waals surface area contributed by atoms with Crippen LogP contribution in [-0.4, -0.2) is 36.4 Å². The molecule has 0 bridgehead atoms. The van der Waals surface area contributed by atoms with Gasteiger partial charge in [-0.3, -0.25) is 4.79 Å². The lowest BCUT2D eigenvalue weighted by molar-refractivity contribution is 0.288. The van der Waals surface area contributed by atoms with Gasteiger partial charge in [0.15, 0.2) is 5.82 Å². The van der Waals surface area contributed by atoms with E-state index in [-0.39, 0.29) is 12.2 Å². The number of hydrogen-bond acceptors (Lipinski definition) is 5. The molecule has 4 rings (SSSR count). The van der Waals surface area contributed by atoms with Crippen molar-refractivity contribution in [2.75, 3.05) is 6.61 Å². The third-order valence-electron chi connectivity index (χ3n) is 4.22. The highest BCUT2D eigenvalue weighted by atomic mass is 16.2. The third kappa shape index (κ3) is 3.00. The molecule has 0 aliphatic heterocycles. The Morgan fingerprint density at radius 3 is 2.96 bits per heavy atom. The quantitative estimate of drug-likeness (QED) is 0.576. The molecule has 0 aliphatic carbocycles. The van der Waals surface area contributed by atoms with Gasteiger partial charge in [0.25, 0.3) is 5.56 Å². The molecular weight excluding hydrogens is 330 g/mol. The molecule has 0 fully saturated rings. The average molecular weight is 347 g/mol. The molecule has 7 heteroatoms. The Morgan fingerprint density at radius 2 is 2.08 bits per heavy atom. The number of nitrogens with zero attached hydrogens (tertiary/aromatic N) is 4. The van der Waals surface area contributed by atoms with Crippen molar-refractivity contribution in [2.45, 2.75) is 12.8 Å². The van der Waals surface area contributed by atoms with Gasteiger partial charge in [-0.15, -0.1) is 0 Å². The van der Waals surface area contributed by atoms with Gasteiger partial charge in [0.05, 0.1) is 17.9 Å². The monoisotopic (exact) mass is 347 g/mol. The Bertz CT molecular complexity index is 1120. The SMILES string of the molecule is O=c1[nH]cnc2c(-n3cc(-c4cccc(CCCO)c4)cn3)nccc12. The summed E-state index contributed by atoms with van der Waals surface area (Å²) in [6, 6.07) is 9.79. The number of nitrogens with one attached hydrogen (secondary N) is 1. The fraction of sp³-hybridized carbons (Fsp3) is 0.158. The lowest BCUT2D eigenvalue weighted by Gasteiger charge is -2.04. The molecule has 2 N–H and O–H groups in total. The molecule has 0 radical (unpaired) electrons. The molecule has 0 amide bonds. The molecule has 3 heterocycles. The van der Waals surface area contributed by atoms with Gasteiger partial charge in [0.1, 0.15) is 5.52 Å². The van der Waals surface area contributed by atoms with E-state index in [1.165, 1.54) is 11.9 Å². The van der Waals surface area contributed by atoms with E-state index in [9.17, 15) is 4.79 Å². The molecule has 0 saturated carbocycles. The number of pyridine rings is 1. The van der Waals surface area contributed by atoms with Crippen molar-refractivity contribution in [3.8, 4) is 16.9 Å². The Hall–Kier alpha value is -3.32. The molecule has 0 spiro atoms. The highest BCUT2D eigenvalue weighted by Gasteiger charge is 2.11. The van der Waals surface area contributed by atoms with Crippen LogP contribution >= 0.6 is 0 Å². The summed E-state index contributed by atoms with van der Waals surface area (Å²) < 4.78 is 1.63. The van der Waals surface area contributed by atoms with E-state index in [0.29, 0.717) is 16.7 Å². The first kappa shape index (κ1) is 16.2. The number of aromatic nitrogens is 5. The number of aliphatic hydroxyl groups excluding tert-OH is 1. The van der Waals surface area contributed by atoms with Gasteiger partial charge >= 0.3 is 0 Å². The van der Waals surface area contributed by atoms with Crippen molar-refractivity contribution < 1.29 is 5.11 Å². The second kappa shape index (κ2) is 6.89. The minimum atomic E-state index is -0.206. The molecule has 3 aromatic heterocycles. The van der Waals surface area contributed by atoms with Crippen LogP contribution in [0.5, 0.6) is 0 Å². The van der Waals surface area contributed by atoms with Gasteiger partial charge in [-0.25, -0.2) is 14.6 Å². The fourth-order valence-corrected chi connectivity index (χ4v) is 2.93. The van der Waals surface area contributed by atoms with Crippen LogP contribution in [0.1, 0.15) is 12.0 Å². The lowest BCUT2D eigenvalue weighted by atomic mass is 10.0.